The third-order valence-electron chi connectivity index (χ3n) is 6.59. The Kier molecular flexibility index (Phi) is 6.08. The summed E-state index contributed by atoms with van der Waals surface area (Å²) in [5, 5.41) is 23.1. The van der Waals surface area contributed by atoms with Crippen LogP contribution in [0.3, 0.4) is 0 Å². The number of nitro groups is 1. The van der Waals surface area contributed by atoms with Crippen molar-refractivity contribution in [3.8, 4) is 11.6 Å². The number of likely N-dealkylation sites (tertiary alicyclic amines) is 1. The van der Waals surface area contributed by atoms with Gasteiger partial charge in [-0.25, -0.2) is 4.98 Å². The van der Waals surface area contributed by atoms with Gasteiger partial charge in [0, 0.05) is 54.1 Å². The van der Waals surface area contributed by atoms with Crippen LogP contribution in [0.1, 0.15) is 36.0 Å². The number of nitrogens with zero attached hydrogens (tertiary/aromatic N) is 3. The average Bonchev–Trinajstić information content (AvgIpc) is 2.85. The monoisotopic (exact) mass is 477 g/mol. The SMILES string of the molecule is O=[N+]([O-])c1ccc2c(c1)C(=CCCN1CCC(O)(c3ccc(Cl)cc3)CC1)c1cccnc1O2. The van der Waals surface area contributed by atoms with Gasteiger partial charge in [-0.05, 0) is 60.7 Å². The summed E-state index contributed by atoms with van der Waals surface area (Å²) < 4.78 is 5.89. The maximum Gasteiger partial charge on any atom is 0.270 e. The maximum atomic E-state index is 11.3. The minimum atomic E-state index is -0.831. The van der Waals surface area contributed by atoms with Gasteiger partial charge in [-0.3, -0.25) is 10.1 Å². The number of pyridine rings is 1. The van der Waals surface area contributed by atoms with Crippen molar-refractivity contribution in [1.82, 2.24) is 9.88 Å². The summed E-state index contributed by atoms with van der Waals surface area (Å²) in [4.78, 5) is 17.6. The molecule has 0 aliphatic carbocycles. The van der Waals surface area contributed by atoms with Gasteiger partial charge in [-0.2, -0.15) is 0 Å². The van der Waals surface area contributed by atoms with Crippen LogP contribution in [0.5, 0.6) is 11.6 Å². The van der Waals surface area contributed by atoms with Crippen molar-refractivity contribution in [3.63, 3.8) is 0 Å². The molecule has 7 nitrogen and oxygen atoms in total. The highest BCUT2D eigenvalue weighted by Crippen LogP contribution is 2.44. The lowest BCUT2D eigenvalue weighted by Crippen LogP contribution is -2.42. The van der Waals surface area contributed by atoms with Crippen LogP contribution in [-0.4, -0.2) is 39.5 Å². The van der Waals surface area contributed by atoms with Gasteiger partial charge >= 0.3 is 0 Å². The summed E-state index contributed by atoms with van der Waals surface area (Å²) >= 11 is 5.99. The van der Waals surface area contributed by atoms with Crippen LogP contribution < -0.4 is 4.74 Å². The van der Waals surface area contributed by atoms with Crippen LogP contribution >= 0.6 is 11.6 Å². The van der Waals surface area contributed by atoms with E-state index in [1.807, 2.05) is 36.4 Å². The normalized spacial score (nSPS) is 18.1. The molecule has 0 spiro atoms. The van der Waals surface area contributed by atoms with E-state index in [0.29, 0.717) is 35.1 Å². The van der Waals surface area contributed by atoms with E-state index >= 15 is 0 Å². The second-order valence-corrected chi connectivity index (χ2v) is 9.12. The summed E-state index contributed by atoms with van der Waals surface area (Å²) in [6, 6.07) is 15.8. The topological polar surface area (TPSA) is 88.7 Å². The first-order valence-electron chi connectivity index (χ1n) is 11.3. The van der Waals surface area contributed by atoms with E-state index in [1.54, 1.807) is 18.3 Å². The molecule has 0 atom stereocenters. The lowest BCUT2D eigenvalue weighted by atomic mass is 9.84. The Morgan fingerprint density at radius 3 is 2.65 bits per heavy atom. The van der Waals surface area contributed by atoms with E-state index in [2.05, 4.69) is 16.0 Å². The smallest absolute Gasteiger partial charge is 0.270 e. The Morgan fingerprint density at radius 1 is 1.15 bits per heavy atom. The average molecular weight is 478 g/mol. The van der Waals surface area contributed by atoms with E-state index in [0.717, 1.165) is 42.8 Å². The van der Waals surface area contributed by atoms with Crippen molar-refractivity contribution in [2.45, 2.75) is 24.9 Å². The molecule has 174 valence electrons. The van der Waals surface area contributed by atoms with Gasteiger partial charge in [0.25, 0.3) is 5.69 Å². The molecule has 0 unspecified atom stereocenters. The molecule has 3 heterocycles. The summed E-state index contributed by atoms with van der Waals surface area (Å²) in [5.41, 5.74) is 2.52. The van der Waals surface area contributed by atoms with Crippen molar-refractivity contribution < 1.29 is 14.8 Å². The van der Waals surface area contributed by atoms with E-state index in [4.69, 9.17) is 16.3 Å². The Bertz CT molecular complexity index is 1250. The van der Waals surface area contributed by atoms with Crippen LogP contribution in [0.25, 0.3) is 5.57 Å². The van der Waals surface area contributed by atoms with Crippen molar-refractivity contribution in [2.75, 3.05) is 19.6 Å². The Balaban J connectivity index is 1.31. The zero-order valence-electron chi connectivity index (χ0n) is 18.5. The lowest BCUT2D eigenvalue weighted by molar-refractivity contribution is -0.384. The van der Waals surface area contributed by atoms with E-state index in [9.17, 15) is 15.2 Å². The summed E-state index contributed by atoms with van der Waals surface area (Å²) in [6.45, 7) is 2.39. The van der Waals surface area contributed by atoms with Crippen molar-refractivity contribution >= 4 is 22.9 Å². The van der Waals surface area contributed by atoms with Gasteiger partial charge in [0.15, 0.2) is 0 Å². The number of halogens is 1. The minimum absolute atomic E-state index is 0.0260. The number of piperidine rings is 1. The molecule has 5 rings (SSSR count). The fraction of sp³-hybridized carbons (Fsp3) is 0.269. The number of aliphatic hydroxyl groups is 1. The molecule has 0 radical (unpaired) electrons. The molecule has 2 aromatic carbocycles. The molecule has 8 heteroatoms. The molecule has 0 saturated carbocycles. The zero-order valence-corrected chi connectivity index (χ0v) is 19.2. The number of hydrogen-bond acceptors (Lipinski definition) is 6. The summed E-state index contributed by atoms with van der Waals surface area (Å²) in [6.07, 6.45) is 5.83. The van der Waals surface area contributed by atoms with Crippen molar-refractivity contribution in [2.24, 2.45) is 0 Å². The number of fused-ring (bicyclic) bond motifs is 2. The minimum Gasteiger partial charge on any atom is -0.438 e. The predicted octanol–water partition coefficient (Wildman–Crippen LogP) is 5.55. The highest BCUT2D eigenvalue weighted by Gasteiger charge is 2.33. The quantitative estimate of drug-likeness (QED) is 0.299. The van der Waals surface area contributed by atoms with Gasteiger partial charge in [0.2, 0.25) is 5.88 Å². The van der Waals surface area contributed by atoms with Crippen LogP contribution in [0, 0.1) is 10.1 Å². The summed E-state index contributed by atoms with van der Waals surface area (Å²) in [7, 11) is 0. The first kappa shape index (κ1) is 22.5. The molecule has 3 aromatic rings. The molecule has 1 saturated heterocycles. The van der Waals surface area contributed by atoms with Crippen molar-refractivity contribution in [1.29, 1.82) is 0 Å². The zero-order chi connectivity index (χ0) is 23.7. The number of ether oxygens (including phenoxy) is 1. The summed E-state index contributed by atoms with van der Waals surface area (Å²) in [5.74, 6) is 1.06. The van der Waals surface area contributed by atoms with Crippen LogP contribution in [0.15, 0.2) is 66.9 Å². The van der Waals surface area contributed by atoms with Gasteiger partial charge in [-0.15, -0.1) is 0 Å². The number of non-ortho nitro benzene ring substituents is 1. The van der Waals surface area contributed by atoms with Gasteiger partial charge in [-0.1, -0.05) is 29.8 Å². The number of nitro benzene ring substituents is 1. The first-order chi connectivity index (χ1) is 16.4. The number of aromatic nitrogens is 1. The van der Waals surface area contributed by atoms with Crippen LogP contribution in [-0.2, 0) is 5.60 Å². The highest BCUT2D eigenvalue weighted by atomic mass is 35.5. The number of rotatable bonds is 5. The molecule has 2 aliphatic rings. The van der Waals surface area contributed by atoms with E-state index < -0.39 is 10.5 Å². The third kappa shape index (κ3) is 4.42. The largest absolute Gasteiger partial charge is 0.438 e. The standard InChI is InChI=1S/C26H24ClN3O4/c27-19-7-5-18(6-8-19)26(31)11-15-29(16-12-26)14-2-4-21-22-3-1-13-28-25(22)34-24-10-9-20(30(32)33)17-23(21)24/h1,3-10,13,17,31H,2,11-12,14-16H2. The van der Waals surface area contributed by atoms with Gasteiger partial charge in [0.05, 0.1) is 10.5 Å². The Labute approximate surface area is 202 Å². The van der Waals surface area contributed by atoms with Crippen LogP contribution in [0.4, 0.5) is 5.69 Å². The molecule has 1 N–H and O–H groups in total. The fourth-order valence-corrected chi connectivity index (χ4v) is 4.79. The molecule has 1 aromatic heterocycles. The highest BCUT2D eigenvalue weighted by molar-refractivity contribution is 6.30. The second-order valence-electron chi connectivity index (χ2n) is 8.68. The lowest BCUT2D eigenvalue weighted by Gasteiger charge is -2.38. The molecular formula is C26H24ClN3O4. The Morgan fingerprint density at radius 2 is 1.91 bits per heavy atom. The van der Waals surface area contributed by atoms with Gasteiger partial charge in [0.1, 0.15) is 5.75 Å². The molecular weight excluding hydrogens is 454 g/mol. The molecule has 34 heavy (non-hydrogen) atoms. The molecule has 0 amide bonds. The molecule has 1 fully saturated rings. The second kappa shape index (κ2) is 9.18. The van der Waals surface area contributed by atoms with E-state index in [1.165, 1.54) is 6.07 Å². The Hall–Kier alpha value is -3.26. The predicted molar refractivity (Wildman–Crippen MR) is 130 cm³/mol. The molecule has 0 bridgehead atoms. The van der Waals surface area contributed by atoms with Gasteiger partial charge < -0.3 is 14.7 Å². The van der Waals surface area contributed by atoms with Crippen LogP contribution in [0.2, 0.25) is 5.02 Å². The maximum absolute atomic E-state index is 11.3. The first-order valence-corrected chi connectivity index (χ1v) is 11.6. The number of hydrogen-bond donors (Lipinski definition) is 1. The molecule has 2 aliphatic heterocycles. The van der Waals surface area contributed by atoms with Crippen molar-refractivity contribution in [3.05, 3.63) is 98.7 Å². The fourth-order valence-electron chi connectivity index (χ4n) is 4.66. The third-order valence-corrected chi connectivity index (χ3v) is 6.84. The number of benzene rings is 2. The van der Waals surface area contributed by atoms with E-state index in [-0.39, 0.29) is 5.69 Å².